The predicted molar refractivity (Wildman–Crippen MR) is 110 cm³/mol. The summed E-state index contributed by atoms with van der Waals surface area (Å²) in [6, 6.07) is 16.2. The van der Waals surface area contributed by atoms with Gasteiger partial charge in [0.25, 0.3) is 5.91 Å². The van der Waals surface area contributed by atoms with Gasteiger partial charge in [-0.3, -0.25) is 9.59 Å². The Morgan fingerprint density at radius 1 is 1.00 bits per heavy atom. The van der Waals surface area contributed by atoms with E-state index in [2.05, 4.69) is 33.8 Å². The fraction of sp³-hybridized carbons (Fsp3) is 0.182. The Morgan fingerprint density at radius 3 is 2.46 bits per heavy atom. The van der Waals surface area contributed by atoms with Crippen LogP contribution in [0.1, 0.15) is 45.8 Å². The van der Waals surface area contributed by atoms with Gasteiger partial charge in [-0.05, 0) is 55.7 Å². The lowest BCUT2D eigenvalue weighted by Crippen LogP contribution is -2.15. The van der Waals surface area contributed by atoms with E-state index in [9.17, 15) is 9.59 Å². The van der Waals surface area contributed by atoms with Gasteiger partial charge in [0.05, 0.1) is 0 Å². The van der Waals surface area contributed by atoms with Gasteiger partial charge in [0.1, 0.15) is 0 Å². The second-order valence-corrected chi connectivity index (χ2v) is 6.48. The molecule has 1 heterocycles. The van der Waals surface area contributed by atoms with Crippen LogP contribution in [0.2, 0.25) is 0 Å². The number of aromatic nitrogens is 2. The molecular weight excluding hydrogens is 352 g/mol. The Labute approximate surface area is 164 Å². The number of Topliss-reactive ketones (excluding diaryl/α,β-unsaturated/α-hetero) is 1. The molecule has 1 amide bonds. The number of anilines is 3. The molecule has 142 valence electrons. The third-order valence-corrected chi connectivity index (χ3v) is 4.42. The predicted octanol–water partition coefficient (Wildman–Crippen LogP) is 4.55. The van der Waals surface area contributed by atoms with Crippen molar-refractivity contribution in [2.45, 2.75) is 27.2 Å². The molecule has 3 rings (SSSR count). The Bertz CT molecular complexity index is 1010. The van der Waals surface area contributed by atoms with Gasteiger partial charge in [-0.1, -0.05) is 37.3 Å². The fourth-order valence-electron chi connectivity index (χ4n) is 2.86. The number of carbonyl (C=O) groups is 2. The first-order chi connectivity index (χ1) is 13.5. The molecule has 0 radical (unpaired) electrons. The van der Waals surface area contributed by atoms with E-state index in [1.165, 1.54) is 12.5 Å². The van der Waals surface area contributed by atoms with Crippen molar-refractivity contribution in [3.63, 3.8) is 0 Å². The fourth-order valence-corrected chi connectivity index (χ4v) is 2.86. The van der Waals surface area contributed by atoms with Crippen LogP contribution in [0.4, 0.5) is 17.2 Å². The standard InChI is InChI=1S/C22H22N4O2/c1-4-16-8-5-7-14(2)21(16)24-20-12-11-19(25-26-20)22(28)23-18-10-6-9-17(13-18)15(3)27/h5-13H,4H2,1-3H3,(H,23,28)(H,24,26). The van der Waals surface area contributed by atoms with E-state index in [0.717, 1.165) is 17.7 Å². The molecule has 0 saturated carbocycles. The Balaban J connectivity index is 1.73. The van der Waals surface area contributed by atoms with Crippen LogP contribution in [0.3, 0.4) is 0 Å². The van der Waals surface area contributed by atoms with Crippen molar-refractivity contribution in [3.05, 3.63) is 77.0 Å². The number of rotatable bonds is 6. The van der Waals surface area contributed by atoms with Crippen molar-refractivity contribution < 1.29 is 9.59 Å². The van der Waals surface area contributed by atoms with Crippen LogP contribution in [0, 0.1) is 6.92 Å². The van der Waals surface area contributed by atoms with Gasteiger partial charge >= 0.3 is 0 Å². The van der Waals surface area contributed by atoms with E-state index in [0.29, 0.717) is 17.1 Å². The second-order valence-electron chi connectivity index (χ2n) is 6.48. The lowest BCUT2D eigenvalue weighted by atomic mass is 10.1. The maximum Gasteiger partial charge on any atom is 0.276 e. The number of carbonyl (C=O) groups excluding carboxylic acids is 2. The SMILES string of the molecule is CCc1cccc(C)c1Nc1ccc(C(=O)Nc2cccc(C(C)=O)c2)nn1. The number of para-hydroxylation sites is 1. The molecule has 0 unspecified atom stereocenters. The lowest BCUT2D eigenvalue weighted by Gasteiger charge is -2.13. The lowest BCUT2D eigenvalue weighted by molar-refractivity contribution is 0.100. The minimum atomic E-state index is -0.384. The number of amides is 1. The molecule has 0 aliphatic carbocycles. The highest BCUT2D eigenvalue weighted by atomic mass is 16.2. The third kappa shape index (κ3) is 4.40. The van der Waals surface area contributed by atoms with Crippen molar-refractivity contribution in [3.8, 4) is 0 Å². The molecule has 0 aliphatic heterocycles. The maximum absolute atomic E-state index is 12.4. The number of hydrogen-bond acceptors (Lipinski definition) is 5. The van der Waals surface area contributed by atoms with Gasteiger partial charge in [-0.15, -0.1) is 10.2 Å². The molecule has 0 fully saturated rings. The van der Waals surface area contributed by atoms with Crippen molar-refractivity contribution >= 4 is 28.9 Å². The maximum atomic E-state index is 12.4. The molecule has 2 N–H and O–H groups in total. The van der Waals surface area contributed by atoms with E-state index in [-0.39, 0.29) is 17.4 Å². The van der Waals surface area contributed by atoms with Gasteiger partial charge in [0, 0.05) is 16.9 Å². The molecule has 28 heavy (non-hydrogen) atoms. The van der Waals surface area contributed by atoms with Crippen LogP contribution in [-0.2, 0) is 6.42 Å². The van der Waals surface area contributed by atoms with Crippen molar-refractivity contribution in [2.75, 3.05) is 10.6 Å². The monoisotopic (exact) mass is 374 g/mol. The summed E-state index contributed by atoms with van der Waals surface area (Å²) in [6.45, 7) is 5.61. The number of ketones is 1. The number of benzene rings is 2. The first-order valence-corrected chi connectivity index (χ1v) is 9.09. The van der Waals surface area contributed by atoms with Gasteiger partial charge in [-0.2, -0.15) is 0 Å². The zero-order valence-electron chi connectivity index (χ0n) is 16.1. The Morgan fingerprint density at radius 2 is 1.79 bits per heavy atom. The molecular formula is C22H22N4O2. The summed E-state index contributed by atoms with van der Waals surface area (Å²) in [7, 11) is 0. The molecule has 0 saturated heterocycles. The summed E-state index contributed by atoms with van der Waals surface area (Å²) in [6.07, 6.45) is 0.900. The van der Waals surface area contributed by atoms with E-state index < -0.39 is 0 Å². The summed E-state index contributed by atoms with van der Waals surface area (Å²) >= 11 is 0. The zero-order chi connectivity index (χ0) is 20.1. The molecule has 2 aromatic carbocycles. The zero-order valence-corrected chi connectivity index (χ0v) is 16.1. The molecule has 3 aromatic rings. The topological polar surface area (TPSA) is 84.0 Å². The largest absolute Gasteiger partial charge is 0.338 e. The summed E-state index contributed by atoms with van der Waals surface area (Å²) in [4.78, 5) is 23.9. The molecule has 0 aliphatic rings. The summed E-state index contributed by atoms with van der Waals surface area (Å²) in [5, 5.41) is 14.2. The van der Waals surface area contributed by atoms with Crippen LogP contribution in [0.15, 0.2) is 54.6 Å². The van der Waals surface area contributed by atoms with Gasteiger partial charge in [0.2, 0.25) is 0 Å². The summed E-state index contributed by atoms with van der Waals surface area (Å²) in [5.41, 5.74) is 4.58. The number of hydrogen-bond donors (Lipinski definition) is 2. The molecule has 6 heteroatoms. The quantitative estimate of drug-likeness (QED) is 0.619. The molecule has 0 spiro atoms. The highest BCUT2D eigenvalue weighted by Crippen LogP contribution is 2.24. The summed E-state index contributed by atoms with van der Waals surface area (Å²) in [5.74, 6) is 0.123. The average Bonchev–Trinajstić information content (AvgIpc) is 2.70. The third-order valence-electron chi connectivity index (χ3n) is 4.42. The van der Waals surface area contributed by atoms with Crippen LogP contribution in [0.25, 0.3) is 0 Å². The minimum absolute atomic E-state index is 0.0611. The Hall–Kier alpha value is -3.54. The van der Waals surface area contributed by atoms with E-state index in [1.807, 2.05) is 19.1 Å². The molecule has 1 aromatic heterocycles. The first kappa shape index (κ1) is 19.2. The van der Waals surface area contributed by atoms with E-state index in [4.69, 9.17) is 0 Å². The number of nitrogens with zero attached hydrogens (tertiary/aromatic N) is 2. The first-order valence-electron chi connectivity index (χ1n) is 9.09. The highest BCUT2D eigenvalue weighted by molar-refractivity contribution is 6.03. The van der Waals surface area contributed by atoms with Crippen LogP contribution < -0.4 is 10.6 Å². The van der Waals surface area contributed by atoms with Crippen molar-refractivity contribution in [2.24, 2.45) is 0 Å². The van der Waals surface area contributed by atoms with Gasteiger partial charge in [0.15, 0.2) is 17.3 Å². The molecule has 6 nitrogen and oxygen atoms in total. The van der Waals surface area contributed by atoms with E-state index >= 15 is 0 Å². The van der Waals surface area contributed by atoms with Crippen molar-refractivity contribution in [1.29, 1.82) is 0 Å². The van der Waals surface area contributed by atoms with Crippen LogP contribution in [0.5, 0.6) is 0 Å². The average molecular weight is 374 g/mol. The van der Waals surface area contributed by atoms with Gasteiger partial charge in [-0.25, -0.2) is 0 Å². The second kappa shape index (κ2) is 8.43. The molecule has 0 bridgehead atoms. The smallest absolute Gasteiger partial charge is 0.276 e. The van der Waals surface area contributed by atoms with Crippen LogP contribution in [-0.4, -0.2) is 21.9 Å². The van der Waals surface area contributed by atoms with Crippen LogP contribution >= 0.6 is 0 Å². The summed E-state index contributed by atoms with van der Waals surface area (Å²) < 4.78 is 0. The minimum Gasteiger partial charge on any atom is -0.338 e. The highest BCUT2D eigenvalue weighted by Gasteiger charge is 2.11. The Kier molecular flexibility index (Phi) is 5.79. The molecule has 0 atom stereocenters. The van der Waals surface area contributed by atoms with E-state index in [1.54, 1.807) is 36.4 Å². The number of nitrogens with one attached hydrogen (secondary N) is 2. The van der Waals surface area contributed by atoms with Gasteiger partial charge < -0.3 is 10.6 Å². The van der Waals surface area contributed by atoms with Crippen molar-refractivity contribution in [1.82, 2.24) is 10.2 Å². The normalized spacial score (nSPS) is 10.4. The number of aryl methyl sites for hydroxylation is 2.